The minimum absolute atomic E-state index is 0.241. The summed E-state index contributed by atoms with van der Waals surface area (Å²) in [5.74, 6) is 0.887. The van der Waals surface area contributed by atoms with E-state index in [1.54, 1.807) is 11.8 Å². The summed E-state index contributed by atoms with van der Waals surface area (Å²) in [5, 5.41) is 11.5. The number of hydrogen-bond donors (Lipinski definition) is 2. The van der Waals surface area contributed by atoms with E-state index in [0.29, 0.717) is 13.1 Å². The van der Waals surface area contributed by atoms with Crippen LogP contribution in [0, 0.1) is 5.92 Å². The monoisotopic (exact) mass is 274 g/mol. The van der Waals surface area contributed by atoms with E-state index in [1.165, 1.54) is 4.90 Å². The zero-order valence-electron chi connectivity index (χ0n) is 11.0. The first-order valence-electron chi connectivity index (χ1n) is 5.90. The van der Waals surface area contributed by atoms with E-state index in [9.17, 15) is 9.59 Å². The minimum Gasteiger partial charge on any atom is -0.480 e. The predicted molar refractivity (Wildman–Crippen MR) is 75.0 cm³/mol. The van der Waals surface area contributed by atoms with E-state index in [1.807, 2.05) is 19.9 Å². The Labute approximate surface area is 113 Å². The van der Waals surface area contributed by atoms with E-state index >= 15 is 0 Å². The number of carbonyl (C=O) groups excluding carboxylic acids is 1. The van der Waals surface area contributed by atoms with Gasteiger partial charge in [0.1, 0.15) is 6.54 Å². The predicted octanol–water partition coefficient (Wildman–Crippen LogP) is 1.66. The molecule has 0 aromatic carbocycles. The third kappa shape index (κ3) is 8.92. The fourth-order valence-corrected chi connectivity index (χ4v) is 1.91. The second kappa shape index (κ2) is 9.82. The quantitative estimate of drug-likeness (QED) is 0.495. The summed E-state index contributed by atoms with van der Waals surface area (Å²) < 4.78 is 0. The van der Waals surface area contributed by atoms with Crippen molar-refractivity contribution in [3.63, 3.8) is 0 Å². The highest BCUT2D eigenvalue weighted by Crippen LogP contribution is 2.00. The Bertz CT molecular complexity index is 282. The third-order valence-electron chi connectivity index (χ3n) is 1.96. The molecule has 0 unspecified atom stereocenters. The van der Waals surface area contributed by atoms with Crippen LogP contribution in [0.2, 0.25) is 0 Å². The van der Waals surface area contributed by atoms with Crippen LogP contribution in [0.4, 0.5) is 4.79 Å². The summed E-state index contributed by atoms with van der Waals surface area (Å²) in [7, 11) is 0. The summed E-state index contributed by atoms with van der Waals surface area (Å²) in [4.78, 5) is 23.8. The molecule has 6 heteroatoms. The molecule has 0 aliphatic heterocycles. The maximum absolute atomic E-state index is 11.8. The van der Waals surface area contributed by atoms with Crippen LogP contribution in [0.5, 0.6) is 0 Å². The van der Waals surface area contributed by atoms with E-state index in [4.69, 9.17) is 5.11 Å². The van der Waals surface area contributed by atoms with Gasteiger partial charge in [0.25, 0.3) is 0 Å². The molecule has 2 N–H and O–H groups in total. The van der Waals surface area contributed by atoms with Crippen LogP contribution in [-0.2, 0) is 4.79 Å². The van der Waals surface area contributed by atoms with Crippen molar-refractivity contribution in [3.8, 4) is 0 Å². The standard InChI is InChI=1S/C12H22N2O3S/c1-4-6-18-7-5-13-12(17)14(8-10(2)3)9-11(15)16/h4,10H,1,5-9H2,2-3H3,(H,13,17)(H,15,16). The summed E-state index contributed by atoms with van der Waals surface area (Å²) in [6.45, 7) is 8.21. The molecular formula is C12H22N2O3S. The van der Waals surface area contributed by atoms with Gasteiger partial charge >= 0.3 is 12.0 Å². The summed E-state index contributed by atoms with van der Waals surface area (Å²) in [6.07, 6.45) is 1.81. The fourth-order valence-electron chi connectivity index (χ4n) is 1.33. The molecule has 0 fully saturated rings. The SMILES string of the molecule is C=CCSCCNC(=O)N(CC(=O)O)CC(C)C. The lowest BCUT2D eigenvalue weighted by Crippen LogP contribution is -2.45. The van der Waals surface area contributed by atoms with Crippen LogP contribution in [-0.4, -0.2) is 53.1 Å². The van der Waals surface area contributed by atoms with Gasteiger partial charge in [-0.2, -0.15) is 11.8 Å². The van der Waals surface area contributed by atoms with Gasteiger partial charge in [-0.15, -0.1) is 6.58 Å². The molecule has 0 aliphatic carbocycles. The highest BCUT2D eigenvalue weighted by molar-refractivity contribution is 7.99. The molecule has 0 saturated heterocycles. The number of carboxylic acid groups (broad SMARTS) is 1. The number of nitrogens with one attached hydrogen (secondary N) is 1. The van der Waals surface area contributed by atoms with Crippen LogP contribution in [0.1, 0.15) is 13.8 Å². The van der Waals surface area contributed by atoms with Gasteiger partial charge in [0.05, 0.1) is 0 Å². The average molecular weight is 274 g/mol. The Balaban J connectivity index is 4.04. The van der Waals surface area contributed by atoms with Gasteiger partial charge in [-0.3, -0.25) is 4.79 Å². The topological polar surface area (TPSA) is 69.6 Å². The Morgan fingerprint density at radius 3 is 2.67 bits per heavy atom. The fraction of sp³-hybridized carbons (Fsp3) is 0.667. The van der Waals surface area contributed by atoms with E-state index in [0.717, 1.165) is 11.5 Å². The van der Waals surface area contributed by atoms with Crippen LogP contribution < -0.4 is 5.32 Å². The maximum Gasteiger partial charge on any atom is 0.323 e. The Hall–Kier alpha value is -1.17. The van der Waals surface area contributed by atoms with Gasteiger partial charge < -0.3 is 15.3 Å². The molecule has 0 spiro atoms. The van der Waals surface area contributed by atoms with Crippen molar-refractivity contribution in [1.29, 1.82) is 0 Å². The van der Waals surface area contributed by atoms with Crippen molar-refractivity contribution < 1.29 is 14.7 Å². The molecular weight excluding hydrogens is 252 g/mol. The smallest absolute Gasteiger partial charge is 0.323 e. The Kier molecular flexibility index (Phi) is 9.18. The van der Waals surface area contributed by atoms with Crippen molar-refractivity contribution in [1.82, 2.24) is 10.2 Å². The molecule has 0 aliphatic rings. The zero-order chi connectivity index (χ0) is 14.0. The summed E-state index contributed by atoms with van der Waals surface area (Å²) in [5.41, 5.74) is 0. The normalized spacial score (nSPS) is 10.2. The molecule has 18 heavy (non-hydrogen) atoms. The second-order valence-electron chi connectivity index (χ2n) is 4.26. The lowest BCUT2D eigenvalue weighted by molar-refractivity contribution is -0.137. The minimum atomic E-state index is -0.994. The number of carbonyl (C=O) groups is 2. The lowest BCUT2D eigenvalue weighted by atomic mass is 10.2. The van der Waals surface area contributed by atoms with Gasteiger partial charge in [-0.25, -0.2) is 4.79 Å². The average Bonchev–Trinajstić information content (AvgIpc) is 2.26. The van der Waals surface area contributed by atoms with Crippen molar-refractivity contribution in [2.45, 2.75) is 13.8 Å². The van der Waals surface area contributed by atoms with Crippen LogP contribution in [0.25, 0.3) is 0 Å². The van der Waals surface area contributed by atoms with Crippen molar-refractivity contribution >= 4 is 23.8 Å². The molecule has 2 amide bonds. The van der Waals surface area contributed by atoms with Crippen molar-refractivity contribution in [3.05, 3.63) is 12.7 Å². The van der Waals surface area contributed by atoms with Gasteiger partial charge in [0.2, 0.25) is 0 Å². The Morgan fingerprint density at radius 2 is 2.17 bits per heavy atom. The molecule has 0 rings (SSSR count). The second-order valence-corrected chi connectivity index (χ2v) is 5.41. The number of hydrogen-bond acceptors (Lipinski definition) is 3. The van der Waals surface area contributed by atoms with Crippen molar-refractivity contribution in [2.24, 2.45) is 5.92 Å². The molecule has 104 valence electrons. The molecule has 5 nitrogen and oxygen atoms in total. The molecule has 0 radical (unpaired) electrons. The van der Waals surface area contributed by atoms with E-state index in [-0.39, 0.29) is 18.5 Å². The lowest BCUT2D eigenvalue weighted by Gasteiger charge is -2.23. The summed E-state index contributed by atoms with van der Waals surface area (Å²) in [6, 6.07) is -0.315. The van der Waals surface area contributed by atoms with Gasteiger partial charge in [0.15, 0.2) is 0 Å². The number of nitrogens with zero attached hydrogens (tertiary/aromatic N) is 1. The first-order valence-corrected chi connectivity index (χ1v) is 7.06. The van der Waals surface area contributed by atoms with Crippen LogP contribution in [0.3, 0.4) is 0 Å². The molecule has 0 saturated carbocycles. The van der Waals surface area contributed by atoms with Crippen LogP contribution >= 0.6 is 11.8 Å². The first-order chi connectivity index (χ1) is 8.47. The van der Waals surface area contributed by atoms with E-state index < -0.39 is 5.97 Å². The Morgan fingerprint density at radius 1 is 1.50 bits per heavy atom. The molecule has 0 aromatic heterocycles. The number of aliphatic carboxylic acids is 1. The number of urea groups is 1. The van der Waals surface area contributed by atoms with Gasteiger partial charge in [0, 0.05) is 24.6 Å². The van der Waals surface area contributed by atoms with E-state index in [2.05, 4.69) is 11.9 Å². The number of carboxylic acids is 1. The maximum atomic E-state index is 11.8. The van der Waals surface area contributed by atoms with Gasteiger partial charge in [-0.1, -0.05) is 19.9 Å². The summed E-state index contributed by atoms with van der Waals surface area (Å²) >= 11 is 1.67. The molecule has 0 heterocycles. The largest absolute Gasteiger partial charge is 0.480 e. The number of thioether (sulfide) groups is 1. The molecule has 0 aromatic rings. The molecule has 0 atom stereocenters. The highest BCUT2D eigenvalue weighted by atomic mass is 32.2. The number of amides is 2. The zero-order valence-corrected chi connectivity index (χ0v) is 11.8. The highest BCUT2D eigenvalue weighted by Gasteiger charge is 2.17. The third-order valence-corrected chi connectivity index (χ3v) is 2.92. The number of rotatable bonds is 9. The van der Waals surface area contributed by atoms with Gasteiger partial charge in [-0.05, 0) is 5.92 Å². The van der Waals surface area contributed by atoms with Crippen molar-refractivity contribution in [2.75, 3.05) is 31.1 Å². The molecule has 0 bridgehead atoms. The van der Waals surface area contributed by atoms with Crippen LogP contribution in [0.15, 0.2) is 12.7 Å². The first kappa shape index (κ1) is 16.8.